The number of carboxylic acids is 1. The van der Waals surface area contributed by atoms with Gasteiger partial charge in [0.05, 0.1) is 6.10 Å². The van der Waals surface area contributed by atoms with Crippen molar-refractivity contribution in [3.8, 4) is 0 Å². The molecule has 0 aromatic carbocycles. The summed E-state index contributed by atoms with van der Waals surface area (Å²) in [5.74, 6) is -0.689. The summed E-state index contributed by atoms with van der Waals surface area (Å²) in [6.45, 7) is 5.70. The molecule has 0 saturated heterocycles. The van der Waals surface area contributed by atoms with Gasteiger partial charge >= 0.3 is 5.97 Å². The maximum absolute atomic E-state index is 11.1. The molecule has 5 nitrogen and oxygen atoms in total. The SMILES string of the molecule is CCC(O)CNc1nc(C)cc(C)c1C(=O)O. The molecule has 1 aromatic heterocycles. The molecular formula is C12H18N2O3. The van der Waals surface area contributed by atoms with Crippen molar-refractivity contribution in [1.29, 1.82) is 0 Å². The summed E-state index contributed by atoms with van der Waals surface area (Å²) in [4.78, 5) is 15.3. The molecule has 0 aliphatic heterocycles. The van der Waals surface area contributed by atoms with Gasteiger partial charge < -0.3 is 15.5 Å². The van der Waals surface area contributed by atoms with Gasteiger partial charge in [0.25, 0.3) is 0 Å². The normalized spacial score (nSPS) is 12.2. The number of aliphatic hydroxyl groups excluding tert-OH is 1. The molecule has 1 unspecified atom stereocenters. The van der Waals surface area contributed by atoms with Crippen LogP contribution in [0.15, 0.2) is 6.07 Å². The van der Waals surface area contributed by atoms with E-state index in [1.807, 2.05) is 6.92 Å². The summed E-state index contributed by atoms with van der Waals surface area (Å²) in [6.07, 6.45) is 0.111. The van der Waals surface area contributed by atoms with E-state index in [1.165, 1.54) is 0 Å². The molecule has 0 amide bonds. The smallest absolute Gasteiger partial charge is 0.339 e. The van der Waals surface area contributed by atoms with Crippen LogP contribution < -0.4 is 5.32 Å². The lowest BCUT2D eigenvalue weighted by Crippen LogP contribution is -2.21. The van der Waals surface area contributed by atoms with Crippen LogP contribution in [0.3, 0.4) is 0 Å². The first-order valence-corrected chi connectivity index (χ1v) is 5.59. The number of hydrogen-bond acceptors (Lipinski definition) is 4. The maximum atomic E-state index is 11.1. The van der Waals surface area contributed by atoms with Crippen molar-refractivity contribution >= 4 is 11.8 Å². The lowest BCUT2D eigenvalue weighted by Gasteiger charge is -2.14. The summed E-state index contributed by atoms with van der Waals surface area (Å²) in [7, 11) is 0. The number of nitrogens with one attached hydrogen (secondary N) is 1. The Balaban J connectivity index is 3.00. The Kier molecular flexibility index (Phi) is 4.45. The average molecular weight is 238 g/mol. The molecule has 0 aliphatic rings. The van der Waals surface area contributed by atoms with Gasteiger partial charge in [-0.05, 0) is 31.9 Å². The molecule has 3 N–H and O–H groups in total. The van der Waals surface area contributed by atoms with Gasteiger partial charge in [0.1, 0.15) is 11.4 Å². The van der Waals surface area contributed by atoms with E-state index in [2.05, 4.69) is 10.3 Å². The number of pyridine rings is 1. The summed E-state index contributed by atoms with van der Waals surface area (Å²) in [5, 5.41) is 21.5. The molecule has 5 heteroatoms. The first-order valence-electron chi connectivity index (χ1n) is 5.59. The van der Waals surface area contributed by atoms with Crippen LogP contribution in [0.1, 0.15) is 35.0 Å². The maximum Gasteiger partial charge on any atom is 0.339 e. The third-order valence-electron chi connectivity index (χ3n) is 2.53. The lowest BCUT2D eigenvalue weighted by atomic mass is 10.1. The topological polar surface area (TPSA) is 82.5 Å². The van der Waals surface area contributed by atoms with E-state index >= 15 is 0 Å². The lowest BCUT2D eigenvalue weighted by molar-refractivity contribution is 0.0696. The van der Waals surface area contributed by atoms with Gasteiger partial charge in [-0.2, -0.15) is 0 Å². The monoisotopic (exact) mass is 238 g/mol. The molecule has 0 fully saturated rings. The van der Waals surface area contributed by atoms with Crippen LogP contribution in [0.2, 0.25) is 0 Å². The van der Waals surface area contributed by atoms with E-state index in [1.54, 1.807) is 19.9 Å². The first kappa shape index (κ1) is 13.4. The van der Waals surface area contributed by atoms with E-state index in [9.17, 15) is 9.90 Å². The number of anilines is 1. The number of aryl methyl sites for hydroxylation is 2. The molecule has 0 bridgehead atoms. The molecule has 0 saturated carbocycles. The number of nitrogens with zero attached hydrogens (tertiary/aromatic N) is 1. The van der Waals surface area contributed by atoms with Crippen LogP contribution in [0.25, 0.3) is 0 Å². The number of carboxylic acid groups (broad SMARTS) is 1. The van der Waals surface area contributed by atoms with Gasteiger partial charge in [-0.3, -0.25) is 0 Å². The van der Waals surface area contributed by atoms with Crippen LogP contribution >= 0.6 is 0 Å². The molecule has 1 atom stereocenters. The number of aromatic carboxylic acids is 1. The standard InChI is InChI=1S/C12H18N2O3/c1-4-9(15)6-13-11-10(12(16)17)7(2)5-8(3)14-11/h5,9,15H,4,6H2,1-3H3,(H,13,14)(H,16,17). The Morgan fingerprint density at radius 1 is 1.53 bits per heavy atom. The predicted octanol–water partition coefficient (Wildman–Crippen LogP) is 1.58. The van der Waals surface area contributed by atoms with Gasteiger partial charge in [0.15, 0.2) is 0 Å². The van der Waals surface area contributed by atoms with Crippen molar-refractivity contribution in [3.63, 3.8) is 0 Å². The van der Waals surface area contributed by atoms with Gasteiger partial charge in [0.2, 0.25) is 0 Å². The molecule has 1 heterocycles. The molecule has 1 rings (SSSR count). The number of hydrogen-bond donors (Lipinski definition) is 3. The van der Waals surface area contributed by atoms with Crippen molar-refractivity contribution in [1.82, 2.24) is 4.98 Å². The van der Waals surface area contributed by atoms with Crippen LogP contribution in [-0.2, 0) is 0 Å². The quantitative estimate of drug-likeness (QED) is 0.725. The van der Waals surface area contributed by atoms with E-state index in [0.29, 0.717) is 24.3 Å². The summed E-state index contributed by atoms with van der Waals surface area (Å²) in [5.41, 5.74) is 1.58. The molecule has 1 aromatic rings. The van der Waals surface area contributed by atoms with E-state index in [4.69, 9.17) is 5.11 Å². The van der Waals surface area contributed by atoms with Crippen molar-refractivity contribution < 1.29 is 15.0 Å². The molecule has 0 aliphatic carbocycles. The number of aliphatic hydroxyl groups is 1. The third-order valence-corrected chi connectivity index (χ3v) is 2.53. The first-order chi connectivity index (χ1) is 7.95. The zero-order chi connectivity index (χ0) is 13.0. The zero-order valence-electron chi connectivity index (χ0n) is 10.3. The highest BCUT2D eigenvalue weighted by Crippen LogP contribution is 2.18. The van der Waals surface area contributed by atoms with Crippen molar-refractivity contribution in [2.75, 3.05) is 11.9 Å². The van der Waals surface area contributed by atoms with Crippen molar-refractivity contribution in [2.45, 2.75) is 33.3 Å². The van der Waals surface area contributed by atoms with E-state index in [-0.39, 0.29) is 5.56 Å². The minimum absolute atomic E-state index is 0.166. The third kappa shape index (κ3) is 3.42. The van der Waals surface area contributed by atoms with Gasteiger partial charge in [-0.25, -0.2) is 9.78 Å². The summed E-state index contributed by atoms with van der Waals surface area (Å²) < 4.78 is 0. The fraction of sp³-hybridized carbons (Fsp3) is 0.500. The Labute approximate surface area is 101 Å². The van der Waals surface area contributed by atoms with Gasteiger partial charge in [-0.15, -0.1) is 0 Å². The second-order valence-corrected chi connectivity index (χ2v) is 4.05. The minimum Gasteiger partial charge on any atom is -0.478 e. The number of carbonyl (C=O) groups is 1. The van der Waals surface area contributed by atoms with Crippen LogP contribution in [0, 0.1) is 13.8 Å². The second-order valence-electron chi connectivity index (χ2n) is 4.05. The van der Waals surface area contributed by atoms with Crippen LogP contribution in [0.5, 0.6) is 0 Å². The number of rotatable bonds is 5. The van der Waals surface area contributed by atoms with E-state index in [0.717, 1.165) is 5.69 Å². The fourth-order valence-corrected chi connectivity index (χ4v) is 1.59. The molecule has 17 heavy (non-hydrogen) atoms. The van der Waals surface area contributed by atoms with Crippen LogP contribution in [-0.4, -0.2) is 33.8 Å². The highest BCUT2D eigenvalue weighted by molar-refractivity contribution is 5.94. The van der Waals surface area contributed by atoms with Crippen molar-refractivity contribution in [3.05, 3.63) is 22.9 Å². The Morgan fingerprint density at radius 2 is 2.18 bits per heavy atom. The van der Waals surface area contributed by atoms with Crippen LogP contribution in [0.4, 0.5) is 5.82 Å². The summed E-state index contributed by atoms with van der Waals surface area (Å²) >= 11 is 0. The zero-order valence-corrected chi connectivity index (χ0v) is 10.3. The average Bonchev–Trinajstić information content (AvgIpc) is 2.24. The predicted molar refractivity (Wildman–Crippen MR) is 65.5 cm³/mol. The minimum atomic E-state index is -1.01. The largest absolute Gasteiger partial charge is 0.478 e. The highest BCUT2D eigenvalue weighted by atomic mass is 16.4. The molecule has 0 spiro atoms. The second kappa shape index (κ2) is 5.63. The Morgan fingerprint density at radius 3 is 2.71 bits per heavy atom. The highest BCUT2D eigenvalue weighted by Gasteiger charge is 2.16. The Hall–Kier alpha value is -1.62. The number of aromatic nitrogens is 1. The molecular weight excluding hydrogens is 220 g/mol. The van der Waals surface area contributed by atoms with Crippen molar-refractivity contribution in [2.24, 2.45) is 0 Å². The van der Waals surface area contributed by atoms with Gasteiger partial charge in [-0.1, -0.05) is 6.92 Å². The summed E-state index contributed by atoms with van der Waals surface area (Å²) in [6, 6.07) is 1.73. The molecule has 94 valence electrons. The molecule has 0 radical (unpaired) electrons. The fourth-order valence-electron chi connectivity index (χ4n) is 1.59. The Bertz CT molecular complexity index is 418. The van der Waals surface area contributed by atoms with Gasteiger partial charge in [0, 0.05) is 12.2 Å². The van der Waals surface area contributed by atoms with E-state index < -0.39 is 12.1 Å².